The van der Waals surface area contributed by atoms with E-state index in [0.717, 1.165) is 37.1 Å². The average Bonchev–Trinajstić information content (AvgIpc) is 2.22. The zero-order valence-electron chi connectivity index (χ0n) is 8.76. The van der Waals surface area contributed by atoms with E-state index in [4.69, 9.17) is 19.5 Å². The molecule has 0 aliphatic rings. The Morgan fingerprint density at radius 3 is 2.60 bits per heavy atom. The van der Waals surface area contributed by atoms with E-state index in [1.165, 1.54) is 0 Å². The van der Waals surface area contributed by atoms with Crippen LogP contribution in [-0.4, -0.2) is 45.9 Å². The first-order valence-corrected chi connectivity index (χ1v) is 5.84. The lowest BCUT2D eigenvalue weighted by atomic mass is 10.2. The molecule has 0 bridgehead atoms. The number of rotatable bonds is 9. The van der Waals surface area contributed by atoms with Crippen LogP contribution < -0.4 is 0 Å². The van der Waals surface area contributed by atoms with Gasteiger partial charge >= 0.3 is 5.97 Å². The summed E-state index contributed by atoms with van der Waals surface area (Å²) in [5.74, 6) is -0.653. The number of unbranched alkanes of at least 4 members (excludes halogenated alkanes) is 2. The van der Waals surface area contributed by atoms with Crippen molar-refractivity contribution in [2.45, 2.75) is 38.4 Å². The number of carboxylic acids is 1. The molecule has 3 N–H and O–H groups in total. The first kappa shape index (κ1) is 14.7. The van der Waals surface area contributed by atoms with E-state index in [9.17, 15) is 4.79 Å². The van der Waals surface area contributed by atoms with Crippen LogP contribution in [0.5, 0.6) is 0 Å². The lowest BCUT2D eigenvalue weighted by Crippen LogP contribution is -2.37. The molecule has 15 heavy (non-hydrogen) atoms. The van der Waals surface area contributed by atoms with Gasteiger partial charge in [0.1, 0.15) is 6.10 Å². The Kier molecular flexibility index (Phi) is 8.79. The van der Waals surface area contributed by atoms with Crippen molar-refractivity contribution in [3.05, 3.63) is 0 Å². The fourth-order valence-corrected chi connectivity index (χ4v) is 1.65. The molecule has 2 atom stereocenters. The second-order valence-corrected chi connectivity index (χ2v) is 3.97. The van der Waals surface area contributed by atoms with Crippen molar-refractivity contribution >= 4 is 18.0 Å². The van der Waals surface area contributed by atoms with Gasteiger partial charge in [0.2, 0.25) is 0 Å². The van der Waals surface area contributed by atoms with E-state index < -0.39 is 24.8 Å². The maximum absolute atomic E-state index is 10.4. The molecule has 0 heterocycles. The summed E-state index contributed by atoms with van der Waals surface area (Å²) >= 11 is 1.09. The van der Waals surface area contributed by atoms with Gasteiger partial charge in [-0.25, -0.2) is 4.79 Å². The molecule has 0 aliphatic carbocycles. The number of hydrogen-bond acceptors (Lipinski definition) is 5. The maximum Gasteiger partial charge on any atom is 0.335 e. The SMILES string of the molecule is CCCCCSOC(CO)C(O)C(=O)O. The third kappa shape index (κ3) is 6.72. The smallest absolute Gasteiger partial charge is 0.335 e. The van der Waals surface area contributed by atoms with Crippen molar-refractivity contribution in [3.8, 4) is 0 Å². The lowest BCUT2D eigenvalue weighted by Gasteiger charge is -2.16. The molecule has 6 heteroatoms. The van der Waals surface area contributed by atoms with Crippen molar-refractivity contribution in [3.63, 3.8) is 0 Å². The van der Waals surface area contributed by atoms with Crippen molar-refractivity contribution in [1.29, 1.82) is 0 Å². The molecule has 2 unspecified atom stereocenters. The Morgan fingerprint density at radius 2 is 2.13 bits per heavy atom. The predicted molar refractivity (Wildman–Crippen MR) is 57.6 cm³/mol. The number of aliphatic carboxylic acids is 1. The van der Waals surface area contributed by atoms with Gasteiger partial charge in [-0.15, -0.1) is 0 Å². The fourth-order valence-electron chi connectivity index (χ4n) is 0.888. The summed E-state index contributed by atoms with van der Waals surface area (Å²) in [4.78, 5) is 10.4. The van der Waals surface area contributed by atoms with Gasteiger partial charge in [-0.2, -0.15) is 0 Å². The maximum atomic E-state index is 10.4. The van der Waals surface area contributed by atoms with E-state index in [0.29, 0.717) is 0 Å². The Hall–Kier alpha value is -0.300. The van der Waals surface area contributed by atoms with Crippen LogP contribution in [0.15, 0.2) is 0 Å². The van der Waals surface area contributed by atoms with Crippen molar-refractivity contribution in [2.75, 3.05) is 12.4 Å². The van der Waals surface area contributed by atoms with Gasteiger partial charge in [0.05, 0.1) is 6.61 Å². The van der Waals surface area contributed by atoms with Crippen LogP contribution in [0, 0.1) is 0 Å². The molecule has 0 fully saturated rings. The third-order valence-corrected chi connectivity index (χ3v) is 2.65. The Bertz CT molecular complexity index is 176. The summed E-state index contributed by atoms with van der Waals surface area (Å²) < 4.78 is 5.00. The second kappa shape index (κ2) is 8.96. The Balaban J connectivity index is 3.66. The van der Waals surface area contributed by atoms with Crippen LogP contribution in [0.2, 0.25) is 0 Å². The zero-order chi connectivity index (χ0) is 11.7. The first-order valence-electron chi connectivity index (χ1n) is 4.93. The topological polar surface area (TPSA) is 87.0 Å². The van der Waals surface area contributed by atoms with Gasteiger partial charge in [0.15, 0.2) is 6.10 Å². The highest BCUT2D eigenvalue weighted by Crippen LogP contribution is 2.13. The standard InChI is InChI=1S/C9H18O5S/c1-2-3-4-5-15-14-7(6-10)8(11)9(12)13/h7-8,10-11H,2-6H2,1H3,(H,12,13). The molecule has 0 aliphatic heterocycles. The molecule has 0 amide bonds. The van der Waals surface area contributed by atoms with Crippen LogP contribution in [0.25, 0.3) is 0 Å². The normalized spacial score (nSPS) is 14.9. The van der Waals surface area contributed by atoms with Crippen LogP contribution in [-0.2, 0) is 8.98 Å². The van der Waals surface area contributed by atoms with Gasteiger partial charge in [-0.1, -0.05) is 19.8 Å². The summed E-state index contributed by atoms with van der Waals surface area (Å²) in [5.41, 5.74) is 0. The highest BCUT2D eigenvalue weighted by atomic mass is 32.2. The molecule has 90 valence electrons. The zero-order valence-corrected chi connectivity index (χ0v) is 9.57. The summed E-state index contributed by atoms with van der Waals surface area (Å²) in [7, 11) is 0. The van der Waals surface area contributed by atoms with Gasteiger partial charge < -0.3 is 19.5 Å². The van der Waals surface area contributed by atoms with Gasteiger partial charge in [-0.05, 0) is 18.5 Å². The predicted octanol–water partition coefficient (Wildman–Crippen LogP) is 0.648. The van der Waals surface area contributed by atoms with Crippen LogP contribution in [0.4, 0.5) is 0 Å². The highest BCUT2D eigenvalue weighted by Gasteiger charge is 2.26. The largest absolute Gasteiger partial charge is 0.479 e. The highest BCUT2D eigenvalue weighted by molar-refractivity contribution is 7.94. The minimum Gasteiger partial charge on any atom is -0.479 e. The second-order valence-electron chi connectivity index (χ2n) is 3.13. The summed E-state index contributed by atoms with van der Waals surface area (Å²) in [6.07, 6.45) is 0.425. The molecular weight excluding hydrogens is 220 g/mol. The van der Waals surface area contributed by atoms with Crippen molar-refractivity contribution < 1.29 is 24.3 Å². The molecule has 0 spiro atoms. The van der Waals surface area contributed by atoms with Gasteiger partial charge in [0, 0.05) is 5.75 Å². The minimum atomic E-state index is -1.67. The van der Waals surface area contributed by atoms with Crippen molar-refractivity contribution in [1.82, 2.24) is 0 Å². The number of hydrogen-bond donors (Lipinski definition) is 3. The number of carboxylic acid groups (broad SMARTS) is 1. The summed E-state index contributed by atoms with van der Waals surface area (Å²) in [6, 6.07) is 0. The molecule has 0 aromatic carbocycles. The van der Waals surface area contributed by atoms with Gasteiger partial charge in [0.25, 0.3) is 0 Å². The Morgan fingerprint density at radius 1 is 1.47 bits per heavy atom. The van der Waals surface area contributed by atoms with Crippen molar-refractivity contribution in [2.24, 2.45) is 0 Å². The average molecular weight is 238 g/mol. The number of carbonyl (C=O) groups is 1. The van der Waals surface area contributed by atoms with E-state index in [-0.39, 0.29) is 0 Å². The van der Waals surface area contributed by atoms with Gasteiger partial charge in [-0.3, -0.25) is 0 Å². The fraction of sp³-hybridized carbons (Fsp3) is 0.889. The van der Waals surface area contributed by atoms with E-state index in [2.05, 4.69) is 6.92 Å². The molecule has 0 radical (unpaired) electrons. The monoisotopic (exact) mass is 238 g/mol. The molecule has 0 aromatic heterocycles. The van der Waals surface area contributed by atoms with E-state index >= 15 is 0 Å². The lowest BCUT2D eigenvalue weighted by molar-refractivity contribution is -0.152. The van der Waals surface area contributed by atoms with Crippen LogP contribution >= 0.6 is 12.0 Å². The molecule has 0 saturated heterocycles. The molecular formula is C9H18O5S. The molecule has 0 aromatic rings. The molecule has 5 nitrogen and oxygen atoms in total. The number of aliphatic hydroxyl groups is 2. The quantitative estimate of drug-likeness (QED) is 0.404. The van der Waals surface area contributed by atoms with Crippen LogP contribution in [0.1, 0.15) is 26.2 Å². The first-order chi connectivity index (χ1) is 7.13. The number of aliphatic hydroxyl groups excluding tert-OH is 2. The van der Waals surface area contributed by atoms with E-state index in [1.54, 1.807) is 0 Å². The minimum absolute atomic E-state index is 0.506. The summed E-state index contributed by atoms with van der Waals surface area (Å²) in [6.45, 7) is 1.57. The Labute approximate surface area is 93.6 Å². The summed E-state index contributed by atoms with van der Waals surface area (Å²) in [5, 5.41) is 26.4. The molecule has 0 rings (SSSR count). The molecule has 0 saturated carbocycles. The third-order valence-electron chi connectivity index (χ3n) is 1.81. The van der Waals surface area contributed by atoms with E-state index in [1.807, 2.05) is 0 Å². The van der Waals surface area contributed by atoms with Crippen LogP contribution in [0.3, 0.4) is 0 Å².